The van der Waals surface area contributed by atoms with Crippen molar-refractivity contribution in [3.63, 3.8) is 0 Å². The Morgan fingerprint density at radius 3 is 2.53 bits per heavy atom. The van der Waals surface area contributed by atoms with E-state index in [2.05, 4.69) is 66.5 Å². The van der Waals surface area contributed by atoms with E-state index in [1.54, 1.807) is 0 Å². The molecule has 19 heavy (non-hydrogen) atoms. The van der Waals surface area contributed by atoms with Crippen LogP contribution in [0.25, 0.3) is 11.8 Å². The monoisotopic (exact) mass is 247 g/mol. The molecular formula is C18H17N. The van der Waals surface area contributed by atoms with Gasteiger partial charge in [-0.3, -0.25) is 0 Å². The fourth-order valence-corrected chi connectivity index (χ4v) is 2.56. The van der Waals surface area contributed by atoms with Crippen molar-refractivity contribution in [2.45, 2.75) is 12.5 Å². The Kier molecular flexibility index (Phi) is 3.20. The first-order valence-electron chi connectivity index (χ1n) is 6.62. The highest BCUT2D eigenvalue weighted by atomic mass is 14.9. The Morgan fingerprint density at radius 1 is 1.00 bits per heavy atom. The highest BCUT2D eigenvalue weighted by Crippen LogP contribution is 2.31. The van der Waals surface area contributed by atoms with Crippen molar-refractivity contribution in [3.05, 3.63) is 83.9 Å². The third-order valence-electron chi connectivity index (χ3n) is 3.49. The van der Waals surface area contributed by atoms with Gasteiger partial charge in [-0.25, -0.2) is 0 Å². The van der Waals surface area contributed by atoms with Crippen LogP contribution in [-0.2, 0) is 0 Å². The molecule has 1 aliphatic heterocycles. The Labute approximate surface area is 114 Å². The minimum absolute atomic E-state index is 0.314. The van der Waals surface area contributed by atoms with Crippen LogP contribution in [0.4, 0.5) is 0 Å². The number of hydrogen-bond donors (Lipinski definition) is 1. The van der Waals surface area contributed by atoms with E-state index in [4.69, 9.17) is 0 Å². The summed E-state index contributed by atoms with van der Waals surface area (Å²) in [5, 5.41) is 3.62. The minimum Gasteiger partial charge on any atom is -0.377 e. The van der Waals surface area contributed by atoms with Crippen molar-refractivity contribution in [1.29, 1.82) is 0 Å². The molecule has 3 rings (SSSR count). The molecule has 0 aliphatic carbocycles. The van der Waals surface area contributed by atoms with E-state index in [0.29, 0.717) is 6.04 Å². The zero-order valence-corrected chi connectivity index (χ0v) is 10.8. The smallest absolute Gasteiger partial charge is 0.0554 e. The third kappa shape index (κ3) is 2.32. The molecule has 0 radical (unpaired) electrons. The average molecular weight is 247 g/mol. The first-order chi connectivity index (χ1) is 9.38. The van der Waals surface area contributed by atoms with Crippen molar-refractivity contribution in [1.82, 2.24) is 5.32 Å². The molecule has 1 heteroatoms. The van der Waals surface area contributed by atoms with Gasteiger partial charge >= 0.3 is 0 Å². The zero-order valence-electron chi connectivity index (χ0n) is 10.8. The molecule has 0 spiro atoms. The van der Waals surface area contributed by atoms with Gasteiger partial charge in [-0.15, -0.1) is 6.58 Å². The van der Waals surface area contributed by atoms with Gasteiger partial charge in [0.2, 0.25) is 0 Å². The summed E-state index contributed by atoms with van der Waals surface area (Å²) in [5.41, 5.74) is 5.06. The van der Waals surface area contributed by atoms with Crippen LogP contribution < -0.4 is 5.32 Å². The van der Waals surface area contributed by atoms with Crippen molar-refractivity contribution < 1.29 is 0 Å². The molecular weight excluding hydrogens is 230 g/mol. The van der Waals surface area contributed by atoms with E-state index in [-0.39, 0.29) is 0 Å². The number of fused-ring (bicyclic) bond motifs is 1. The fraction of sp³-hybridized carbons (Fsp3) is 0.111. The summed E-state index contributed by atoms with van der Waals surface area (Å²) in [4.78, 5) is 0. The van der Waals surface area contributed by atoms with Gasteiger partial charge in [0.15, 0.2) is 0 Å². The Hall–Kier alpha value is -2.28. The summed E-state index contributed by atoms with van der Waals surface area (Å²) >= 11 is 0. The van der Waals surface area contributed by atoms with Crippen LogP contribution in [0.5, 0.6) is 0 Å². The molecule has 1 unspecified atom stereocenters. The van der Waals surface area contributed by atoms with Crippen LogP contribution >= 0.6 is 0 Å². The van der Waals surface area contributed by atoms with Crippen LogP contribution in [0.15, 0.2) is 67.3 Å². The lowest BCUT2D eigenvalue weighted by molar-refractivity contribution is 0.639. The number of hydrogen-bond acceptors (Lipinski definition) is 1. The predicted octanol–water partition coefficient (Wildman–Crippen LogP) is 4.41. The van der Waals surface area contributed by atoms with Gasteiger partial charge in [0.05, 0.1) is 6.04 Å². The molecule has 0 saturated carbocycles. The van der Waals surface area contributed by atoms with Crippen LogP contribution in [0.2, 0.25) is 0 Å². The summed E-state index contributed by atoms with van der Waals surface area (Å²) in [7, 11) is 0. The van der Waals surface area contributed by atoms with Gasteiger partial charge in [0.25, 0.3) is 0 Å². The molecule has 1 heterocycles. The Bertz CT molecular complexity index is 611. The van der Waals surface area contributed by atoms with Crippen LogP contribution in [0.3, 0.4) is 0 Å². The topological polar surface area (TPSA) is 12.0 Å². The normalized spacial score (nSPS) is 17.1. The molecule has 2 aromatic rings. The largest absolute Gasteiger partial charge is 0.377 e. The van der Waals surface area contributed by atoms with E-state index < -0.39 is 0 Å². The van der Waals surface area contributed by atoms with E-state index in [1.165, 1.54) is 22.4 Å². The second kappa shape index (κ2) is 5.15. The second-order valence-corrected chi connectivity index (χ2v) is 4.77. The summed E-state index contributed by atoms with van der Waals surface area (Å²) in [6.45, 7) is 3.87. The lowest BCUT2D eigenvalue weighted by Crippen LogP contribution is -2.23. The first-order valence-corrected chi connectivity index (χ1v) is 6.62. The van der Waals surface area contributed by atoms with E-state index in [0.717, 1.165) is 6.42 Å². The zero-order chi connectivity index (χ0) is 13.1. The van der Waals surface area contributed by atoms with Gasteiger partial charge in [-0.1, -0.05) is 60.7 Å². The molecule has 1 nitrogen and oxygen atoms in total. The fourth-order valence-electron chi connectivity index (χ4n) is 2.56. The highest BCUT2D eigenvalue weighted by molar-refractivity contribution is 5.83. The predicted molar refractivity (Wildman–Crippen MR) is 81.4 cm³/mol. The van der Waals surface area contributed by atoms with Crippen molar-refractivity contribution in [3.8, 4) is 0 Å². The summed E-state index contributed by atoms with van der Waals surface area (Å²) < 4.78 is 0. The van der Waals surface area contributed by atoms with Gasteiger partial charge in [0.1, 0.15) is 0 Å². The molecule has 0 fully saturated rings. The van der Waals surface area contributed by atoms with Gasteiger partial charge < -0.3 is 5.32 Å². The molecule has 0 amide bonds. The molecule has 0 aromatic heterocycles. The van der Waals surface area contributed by atoms with E-state index in [9.17, 15) is 0 Å². The van der Waals surface area contributed by atoms with Gasteiger partial charge in [0, 0.05) is 5.70 Å². The van der Waals surface area contributed by atoms with Crippen LogP contribution in [0.1, 0.15) is 29.2 Å². The molecule has 1 N–H and O–H groups in total. The number of benzene rings is 2. The second-order valence-electron chi connectivity index (χ2n) is 4.77. The van der Waals surface area contributed by atoms with Crippen molar-refractivity contribution >= 4 is 11.8 Å². The van der Waals surface area contributed by atoms with Crippen molar-refractivity contribution in [2.24, 2.45) is 0 Å². The number of nitrogens with one attached hydrogen (secondary N) is 1. The van der Waals surface area contributed by atoms with Crippen LogP contribution in [-0.4, -0.2) is 0 Å². The molecule has 1 aliphatic rings. The van der Waals surface area contributed by atoms with Crippen molar-refractivity contribution in [2.75, 3.05) is 0 Å². The Morgan fingerprint density at radius 2 is 1.74 bits per heavy atom. The standard InChI is InChI=1S/C18H17N/c1-2-8-17-16-12-7-6-11-15(16)13-18(19-17)14-9-4-3-5-10-14/h2-7,9-13,17,19H,1,8H2. The lowest BCUT2D eigenvalue weighted by Gasteiger charge is -2.27. The molecule has 94 valence electrons. The summed E-state index contributed by atoms with van der Waals surface area (Å²) in [5.74, 6) is 0. The number of rotatable bonds is 3. The SMILES string of the molecule is C=CCC1NC(c2ccccc2)=Cc2ccccc21. The molecule has 0 bridgehead atoms. The highest BCUT2D eigenvalue weighted by Gasteiger charge is 2.19. The maximum Gasteiger partial charge on any atom is 0.0554 e. The third-order valence-corrected chi connectivity index (χ3v) is 3.49. The maximum absolute atomic E-state index is 3.87. The van der Waals surface area contributed by atoms with Gasteiger partial charge in [-0.2, -0.15) is 0 Å². The van der Waals surface area contributed by atoms with Crippen LogP contribution in [0, 0.1) is 0 Å². The molecule has 1 atom stereocenters. The van der Waals surface area contributed by atoms with E-state index >= 15 is 0 Å². The Balaban J connectivity index is 2.05. The van der Waals surface area contributed by atoms with Gasteiger partial charge in [-0.05, 0) is 29.2 Å². The first kappa shape index (κ1) is 11.8. The molecule has 2 aromatic carbocycles. The average Bonchev–Trinajstić information content (AvgIpc) is 2.48. The summed E-state index contributed by atoms with van der Waals surface area (Å²) in [6.07, 6.45) is 5.13. The molecule has 0 saturated heterocycles. The van der Waals surface area contributed by atoms with E-state index in [1.807, 2.05) is 12.1 Å². The quantitative estimate of drug-likeness (QED) is 0.792. The summed E-state index contributed by atoms with van der Waals surface area (Å²) in [6, 6.07) is 19.3. The lowest BCUT2D eigenvalue weighted by atomic mass is 9.92. The minimum atomic E-state index is 0.314. The maximum atomic E-state index is 3.87.